The van der Waals surface area contributed by atoms with Crippen molar-refractivity contribution < 1.29 is 13.9 Å². The summed E-state index contributed by atoms with van der Waals surface area (Å²) in [4.78, 5) is 11.4. The molecule has 0 aliphatic heterocycles. The van der Waals surface area contributed by atoms with E-state index in [0.717, 1.165) is 0 Å². The highest BCUT2D eigenvalue weighted by molar-refractivity contribution is 5.96. The average molecular weight is 196 g/mol. The van der Waals surface area contributed by atoms with Crippen LogP contribution in [-0.2, 0) is 0 Å². The Hall–Kier alpha value is -1.38. The highest BCUT2D eigenvalue weighted by atomic mass is 19.1. The molecule has 76 valence electrons. The number of ketones is 1. The minimum absolute atomic E-state index is 0.0632. The topological polar surface area (TPSA) is 26.3 Å². The van der Waals surface area contributed by atoms with Crippen molar-refractivity contribution >= 4 is 5.78 Å². The molecule has 0 radical (unpaired) electrons. The molecule has 1 unspecified atom stereocenters. The Balaban J connectivity index is 2.71. The van der Waals surface area contributed by atoms with Gasteiger partial charge >= 0.3 is 0 Å². The van der Waals surface area contributed by atoms with Gasteiger partial charge < -0.3 is 4.74 Å². The van der Waals surface area contributed by atoms with E-state index in [0.29, 0.717) is 11.3 Å². The highest BCUT2D eigenvalue weighted by Gasteiger charge is 2.09. The number of hydrogen-bond acceptors (Lipinski definition) is 2. The van der Waals surface area contributed by atoms with Gasteiger partial charge in [-0.3, -0.25) is 4.79 Å². The van der Waals surface area contributed by atoms with Crippen molar-refractivity contribution in [2.24, 2.45) is 0 Å². The quantitative estimate of drug-likeness (QED) is 0.692. The van der Waals surface area contributed by atoms with E-state index < -0.39 is 6.17 Å². The van der Waals surface area contributed by atoms with Crippen molar-refractivity contribution in [1.82, 2.24) is 0 Å². The SMILES string of the molecule is COc1ccc(C(=O)CC(C)F)cc1. The van der Waals surface area contributed by atoms with Gasteiger partial charge in [-0.25, -0.2) is 4.39 Å². The Labute approximate surface area is 82.7 Å². The van der Waals surface area contributed by atoms with E-state index in [1.54, 1.807) is 31.4 Å². The standard InChI is InChI=1S/C11H13FO2/c1-8(12)7-11(13)9-3-5-10(14-2)6-4-9/h3-6,8H,7H2,1-2H3. The largest absolute Gasteiger partial charge is 0.497 e. The maximum Gasteiger partial charge on any atom is 0.165 e. The van der Waals surface area contributed by atoms with Crippen LogP contribution in [0.1, 0.15) is 23.7 Å². The maximum absolute atomic E-state index is 12.5. The molecule has 3 heteroatoms. The number of Topliss-reactive ketones (excluding diaryl/α,β-unsaturated/α-hetero) is 1. The summed E-state index contributed by atoms with van der Waals surface area (Å²) in [5, 5.41) is 0. The number of carbonyl (C=O) groups excluding carboxylic acids is 1. The van der Waals surface area contributed by atoms with E-state index in [-0.39, 0.29) is 12.2 Å². The number of carbonyl (C=O) groups is 1. The van der Waals surface area contributed by atoms with Crippen LogP contribution in [0.15, 0.2) is 24.3 Å². The van der Waals surface area contributed by atoms with Crippen LogP contribution in [0.4, 0.5) is 4.39 Å². The second kappa shape index (κ2) is 4.74. The Kier molecular flexibility index (Phi) is 3.63. The monoisotopic (exact) mass is 196 g/mol. The van der Waals surface area contributed by atoms with Crippen LogP contribution in [-0.4, -0.2) is 19.1 Å². The molecular formula is C11H13FO2. The lowest BCUT2D eigenvalue weighted by molar-refractivity contribution is 0.0953. The number of methoxy groups -OCH3 is 1. The van der Waals surface area contributed by atoms with E-state index >= 15 is 0 Å². The van der Waals surface area contributed by atoms with Crippen molar-refractivity contribution in [3.8, 4) is 5.75 Å². The lowest BCUT2D eigenvalue weighted by Crippen LogP contribution is -2.05. The molecule has 14 heavy (non-hydrogen) atoms. The fraction of sp³-hybridized carbons (Fsp3) is 0.364. The number of alkyl halides is 1. The first kappa shape index (κ1) is 10.7. The molecule has 0 amide bonds. The van der Waals surface area contributed by atoms with Gasteiger partial charge in [0.05, 0.1) is 7.11 Å². The predicted octanol–water partition coefficient (Wildman–Crippen LogP) is 2.63. The first-order chi connectivity index (χ1) is 6.63. The number of benzene rings is 1. The zero-order valence-electron chi connectivity index (χ0n) is 8.29. The lowest BCUT2D eigenvalue weighted by Gasteiger charge is -2.03. The number of ether oxygens (including phenoxy) is 1. The van der Waals surface area contributed by atoms with Crippen molar-refractivity contribution in [2.75, 3.05) is 7.11 Å². The summed E-state index contributed by atoms with van der Waals surface area (Å²) in [5.41, 5.74) is 0.523. The third kappa shape index (κ3) is 2.83. The molecule has 0 heterocycles. The Bertz CT molecular complexity index is 304. The molecule has 0 saturated heterocycles. The Morgan fingerprint density at radius 2 is 2.00 bits per heavy atom. The van der Waals surface area contributed by atoms with E-state index in [1.165, 1.54) is 6.92 Å². The van der Waals surface area contributed by atoms with Crippen molar-refractivity contribution in [1.29, 1.82) is 0 Å². The molecule has 0 bridgehead atoms. The lowest BCUT2D eigenvalue weighted by atomic mass is 10.1. The fourth-order valence-electron chi connectivity index (χ4n) is 1.15. The molecule has 0 aliphatic rings. The Morgan fingerprint density at radius 3 is 2.43 bits per heavy atom. The summed E-state index contributed by atoms with van der Waals surface area (Å²) in [6.07, 6.45) is -1.16. The summed E-state index contributed by atoms with van der Waals surface area (Å²) in [7, 11) is 1.56. The molecule has 1 rings (SSSR count). The van der Waals surface area contributed by atoms with Crippen LogP contribution in [0.5, 0.6) is 5.75 Å². The van der Waals surface area contributed by atoms with Gasteiger partial charge in [0.15, 0.2) is 5.78 Å². The van der Waals surface area contributed by atoms with Crippen LogP contribution in [0.3, 0.4) is 0 Å². The predicted molar refractivity (Wildman–Crippen MR) is 52.5 cm³/mol. The number of hydrogen-bond donors (Lipinski definition) is 0. The highest BCUT2D eigenvalue weighted by Crippen LogP contribution is 2.13. The smallest absolute Gasteiger partial charge is 0.165 e. The molecular weight excluding hydrogens is 183 g/mol. The second-order valence-corrected chi connectivity index (χ2v) is 3.14. The normalized spacial score (nSPS) is 12.2. The minimum Gasteiger partial charge on any atom is -0.497 e. The maximum atomic E-state index is 12.5. The van der Waals surface area contributed by atoms with Crippen LogP contribution >= 0.6 is 0 Å². The van der Waals surface area contributed by atoms with Crippen LogP contribution in [0.25, 0.3) is 0 Å². The van der Waals surface area contributed by atoms with Gasteiger partial charge in [-0.1, -0.05) is 0 Å². The van der Waals surface area contributed by atoms with Crippen molar-refractivity contribution in [3.05, 3.63) is 29.8 Å². The first-order valence-electron chi connectivity index (χ1n) is 4.45. The van der Waals surface area contributed by atoms with Gasteiger partial charge in [0.1, 0.15) is 11.9 Å². The number of halogens is 1. The van der Waals surface area contributed by atoms with Crippen LogP contribution in [0, 0.1) is 0 Å². The van der Waals surface area contributed by atoms with Crippen molar-refractivity contribution in [2.45, 2.75) is 19.5 Å². The van der Waals surface area contributed by atoms with Gasteiger partial charge in [0.25, 0.3) is 0 Å². The van der Waals surface area contributed by atoms with Crippen LogP contribution in [0.2, 0.25) is 0 Å². The van der Waals surface area contributed by atoms with Gasteiger partial charge in [0, 0.05) is 12.0 Å². The van der Waals surface area contributed by atoms with Crippen molar-refractivity contribution in [3.63, 3.8) is 0 Å². The molecule has 0 aliphatic carbocycles. The molecule has 0 aromatic heterocycles. The Morgan fingerprint density at radius 1 is 1.43 bits per heavy atom. The molecule has 0 N–H and O–H groups in total. The van der Waals surface area contributed by atoms with E-state index in [1.807, 2.05) is 0 Å². The summed E-state index contributed by atoms with van der Waals surface area (Å²) < 4.78 is 17.5. The van der Waals surface area contributed by atoms with Gasteiger partial charge in [-0.15, -0.1) is 0 Å². The molecule has 0 fully saturated rings. The van der Waals surface area contributed by atoms with Gasteiger partial charge in [-0.2, -0.15) is 0 Å². The summed E-state index contributed by atoms with van der Waals surface area (Å²) in [6.45, 7) is 1.38. The van der Waals surface area contributed by atoms with E-state index in [9.17, 15) is 9.18 Å². The molecule has 1 aromatic rings. The van der Waals surface area contributed by atoms with Gasteiger partial charge in [0.2, 0.25) is 0 Å². The zero-order chi connectivity index (χ0) is 10.6. The average Bonchev–Trinajstić information content (AvgIpc) is 2.17. The molecule has 0 saturated carbocycles. The van der Waals surface area contributed by atoms with E-state index in [4.69, 9.17) is 4.74 Å². The minimum atomic E-state index is -1.09. The molecule has 1 atom stereocenters. The molecule has 1 aromatic carbocycles. The first-order valence-corrected chi connectivity index (χ1v) is 4.45. The second-order valence-electron chi connectivity index (χ2n) is 3.14. The summed E-state index contributed by atoms with van der Waals surface area (Å²) >= 11 is 0. The summed E-state index contributed by atoms with van der Waals surface area (Å²) in [6, 6.07) is 6.67. The van der Waals surface area contributed by atoms with Gasteiger partial charge in [-0.05, 0) is 31.2 Å². The third-order valence-corrected chi connectivity index (χ3v) is 1.88. The van der Waals surface area contributed by atoms with E-state index in [2.05, 4.69) is 0 Å². The fourth-order valence-corrected chi connectivity index (χ4v) is 1.15. The number of rotatable bonds is 4. The molecule has 0 spiro atoms. The molecule has 2 nitrogen and oxygen atoms in total. The third-order valence-electron chi connectivity index (χ3n) is 1.88. The van der Waals surface area contributed by atoms with Crippen LogP contribution < -0.4 is 4.74 Å². The summed E-state index contributed by atoms with van der Waals surface area (Å²) in [5.74, 6) is 0.512. The zero-order valence-corrected chi connectivity index (χ0v) is 8.29.